The van der Waals surface area contributed by atoms with Crippen molar-refractivity contribution < 1.29 is 4.79 Å². The maximum atomic E-state index is 12.0. The number of amides is 1. The van der Waals surface area contributed by atoms with Gasteiger partial charge in [-0.15, -0.1) is 0 Å². The first-order valence-corrected chi connectivity index (χ1v) is 6.76. The summed E-state index contributed by atoms with van der Waals surface area (Å²) in [5.41, 5.74) is 8.74. The average Bonchev–Trinajstić information content (AvgIpc) is 3.07. The quantitative estimate of drug-likeness (QED) is 0.750. The van der Waals surface area contributed by atoms with Crippen molar-refractivity contribution in [2.45, 2.75) is 32.2 Å². The molecule has 0 radical (unpaired) electrons. The number of anilines is 1. The van der Waals surface area contributed by atoms with Crippen molar-refractivity contribution in [1.29, 1.82) is 0 Å². The van der Waals surface area contributed by atoms with Gasteiger partial charge in [-0.2, -0.15) is 10.2 Å². The van der Waals surface area contributed by atoms with Crippen molar-refractivity contribution in [2.75, 3.05) is 12.3 Å². The maximum Gasteiger partial charge on any atom is 0.274 e. The van der Waals surface area contributed by atoms with Crippen LogP contribution in [0.5, 0.6) is 0 Å². The molecule has 0 unspecified atom stereocenters. The van der Waals surface area contributed by atoms with E-state index in [4.69, 9.17) is 5.73 Å². The van der Waals surface area contributed by atoms with E-state index in [-0.39, 0.29) is 5.91 Å². The van der Waals surface area contributed by atoms with Crippen molar-refractivity contribution in [3.63, 3.8) is 0 Å². The summed E-state index contributed by atoms with van der Waals surface area (Å²) in [6.45, 7) is 3.09. The maximum absolute atomic E-state index is 12.0. The molecule has 0 spiro atoms. The topological polar surface area (TPSA) is 102 Å². The van der Waals surface area contributed by atoms with Crippen LogP contribution in [0.4, 0.5) is 5.69 Å². The number of nitrogens with zero attached hydrogens (tertiary/aromatic N) is 3. The zero-order valence-electron chi connectivity index (χ0n) is 11.4. The van der Waals surface area contributed by atoms with Gasteiger partial charge in [0, 0.05) is 18.7 Å². The Labute approximate surface area is 116 Å². The van der Waals surface area contributed by atoms with Crippen LogP contribution in [0.1, 0.15) is 40.5 Å². The molecule has 0 bridgehead atoms. The number of aryl methyl sites for hydroxylation is 1. The Kier molecular flexibility index (Phi) is 3.17. The fourth-order valence-electron chi connectivity index (χ4n) is 2.18. The lowest BCUT2D eigenvalue weighted by molar-refractivity contribution is 0.0948. The summed E-state index contributed by atoms with van der Waals surface area (Å²) in [7, 11) is 0. The molecule has 1 aliphatic rings. The number of nitrogens with one attached hydrogen (secondary N) is 2. The van der Waals surface area contributed by atoms with Crippen LogP contribution in [-0.4, -0.2) is 32.4 Å². The Hall–Kier alpha value is -2.31. The highest BCUT2D eigenvalue weighted by atomic mass is 16.1. The predicted octanol–water partition coefficient (Wildman–Crippen LogP) is 0.804. The molecule has 0 aliphatic heterocycles. The molecule has 7 nitrogen and oxygen atoms in total. The first kappa shape index (κ1) is 12.7. The van der Waals surface area contributed by atoms with Crippen molar-refractivity contribution in [2.24, 2.45) is 0 Å². The second-order valence-corrected chi connectivity index (χ2v) is 5.21. The average molecular weight is 274 g/mol. The van der Waals surface area contributed by atoms with Gasteiger partial charge in [-0.25, -0.2) is 0 Å². The summed E-state index contributed by atoms with van der Waals surface area (Å²) in [5.74, 6) is 0.214. The zero-order valence-corrected chi connectivity index (χ0v) is 11.4. The standard InChI is InChI=1S/C13H18N6O/c1-8-6-16-19(7-8)5-4-15-13(20)12-10(14)11(17-18-12)9-2-3-9/h6-7,9H,2-5,14H2,1H3,(H,15,20)(H,17,18). The largest absolute Gasteiger partial charge is 0.395 e. The minimum atomic E-state index is -0.241. The van der Waals surface area contributed by atoms with Crippen LogP contribution >= 0.6 is 0 Å². The smallest absolute Gasteiger partial charge is 0.274 e. The Balaban J connectivity index is 1.56. The third-order valence-corrected chi connectivity index (χ3v) is 3.42. The zero-order chi connectivity index (χ0) is 14.1. The van der Waals surface area contributed by atoms with E-state index in [0.29, 0.717) is 30.4 Å². The minimum Gasteiger partial charge on any atom is -0.395 e. The molecule has 2 aromatic rings. The van der Waals surface area contributed by atoms with E-state index in [0.717, 1.165) is 24.1 Å². The monoisotopic (exact) mass is 274 g/mol. The molecule has 2 heterocycles. The number of hydrogen-bond donors (Lipinski definition) is 3. The van der Waals surface area contributed by atoms with E-state index in [2.05, 4.69) is 20.6 Å². The Bertz CT molecular complexity index is 625. The van der Waals surface area contributed by atoms with E-state index in [9.17, 15) is 4.79 Å². The van der Waals surface area contributed by atoms with E-state index in [1.165, 1.54) is 0 Å². The second-order valence-electron chi connectivity index (χ2n) is 5.21. The number of carbonyl (C=O) groups is 1. The predicted molar refractivity (Wildman–Crippen MR) is 74.3 cm³/mol. The molecule has 0 saturated heterocycles. The molecule has 2 aromatic heterocycles. The van der Waals surface area contributed by atoms with Crippen LogP contribution in [0.25, 0.3) is 0 Å². The van der Waals surface area contributed by atoms with E-state index in [1.54, 1.807) is 10.9 Å². The van der Waals surface area contributed by atoms with Gasteiger partial charge >= 0.3 is 0 Å². The highest BCUT2D eigenvalue weighted by Crippen LogP contribution is 2.42. The molecule has 3 rings (SSSR count). The first-order chi connectivity index (χ1) is 9.65. The summed E-state index contributed by atoms with van der Waals surface area (Å²) in [4.78, 5) is 12.0. The fourth-order valence-corrected chi connectivity index (χ4v) is 2.18. The van der Waals surface area contributed by atoms with Gasteiger partial charge in [0.2, 0.25) is 0 Å². The lowest BCUT2D eigenvalue weighted by Crippen LogP contribution is -2.28. The van der Waals surface area contributed by atoms with Crippen LogP contribution < -0.4 is 11.1 Å². The molecule has 1 fully saturated rings. The van der Waals surface area contributed by atoms with E-state index in [1.807, 2.05) is 13.1 Å². The molecule has 106 valence electrons. The molecular formula is C13H18N6O. The molecule has 20 heavy (non-hydrogen) atoms. The normalized spacial score (nSPS) is 14.4. The number of H-pyrrole nitrogens is 1. The summed E-state index contributed by atoms with van der Waals surface area (Å²) < 4.78 is 1.79. The number of carbonyl (C=O) groups excluding carboxylic acids is 1. The minimum absolute atomic E-state index is 0.241. The van der Waals surface area contributed by atoms with Gasteiger partial charge in [0.1, 0.15) is 0 Å². The molecule has 7 heteroatoms. The van der Waals surface area contributed by atoms with Crippen LogP contribution in [0.2, 0.25) is 0 Å². The number of hydrogen-bond acceptors (Lipinski definition) is 4. The highest BCUT2D eigenvalue weighted by molar-refractivity contribution is 5.97. The summed E-state index contributed by atoms with van der Waals surface area (Å²) in [5, 5.41) is 13.9. The molecule has 1 amide bonds. The molecule has 0 atom stereocenters. The third kappa shape index (κ3) is 2.52. The van der Waals surface area contributed by atoms with Gasteiger partial charge in [0.05, 0.1) is 24.1 Å². The van der Waals surface area contributed by atoms with Crippen molar-refractivity contribution in [3.05, 3.63) is 29.3 Å². The van der Waals surface area contributed by atoms with Gasteiger partial charge in [-0.3, -0.25) is 14.6 Å². The number of rotatable bonds is 5. The summed E-state index contributed by atoms with van der Waals surface area (Å²) in [6.07, 6.45) is 5.95. The number of aromatic amines is 1. The van der Waals surface area contributed by atoms with Gasteiger partial charge in [-0.05, 0) is 25.3 Å². The second kappa shape index (κ2) is 4.99. The first-order valence-electron chi connectivity index (χ1n) is 6.76. The lowest BCUT2D eigenvalue weighted by atomic mass is 10.2. The molecule has 4 N–H and O–H groups in total. The van der Waals surface area contributed by atoms with Crippen LogP contribution in [-0.2, 0) is 6.54 Å². The molecule has 1 aliphatic carbocycles. The Morgan fingerprint density at radius 1 is 1.60 bits per heavy atom. The third-order valence-electron chi connectivity index (χ3n) is 3.42. The van der Waals surface area contributed by atoms with Crippen molar-refractivity contribution >= 4 is 11.6 Å². The van der Waals surface area contributed by atoms with Crippen LogP contribution in [0, 0.1) is 6.92 Å². The van der Waals surface area contributed by atoms with Crippen LogP contribution in [0.3, 0.4) is 0 Å². The van der Waals surface area contributed by atoms with Gasteiger partial charge in [-0.1, -0.05) is 0 Å². The summed E-state index contributed by atoms with van der Waals surface area (Å²) in [6, 6.07) is 0. The van der Waals surface area contributed by atoms with Gasteiger partial charge in [0.15, 0.2) is 5.69 Å². The number of aromatic nitrogens is 4. The molecular weight excluding hydrogens is 256 g/mol. The van der Waals surface area contributed by atoms with Crippen molar-refractivity contribution in [1.82, 2.24) is 25.3 Å². The van der Waals surface area contributed by atoms with Gasteiger partial charge in [0.25, 0.3) is 5.91 Å². The highest BCUT2D eigenvalue weighted by Gasteiger charge is 2.30. The number of nitrogen functional groups attached to an aromatic ring is 1. The van der Waals surface area contributed by atoms with Crippen molar-refractivity contribution in [3.8, 4) is 0 Å². The van der Waals surface area contributed by atoms with E-state index >= 15 is 0 Å². The Morgan fingerprint density at radius 3 is 3.05 bits per heavy atom. The number of nitrogens with two attached hydrogens (primary N) is 1. The lowest BCUT2D eigenvalue weighted by Gasteiger charge is -2.04. The SMILES string of the molecule is Cc1cnn(CCNC(=O)c2n[nH]c(C3CC3)c2N)c1. The van der Waals surface area contributed by atoms with E-state index < -0.39 is 0 Å². The van der Waals surface area contributed by atoms with Gasteiger partial charge < -0.3 is 11.1 Å². The molecule has 1 saturated carbocycles. The molecule has 0 aromatic carbocycles. The fraction of sp³-hybridized carbons (Fsp3) is 0.462. The van der Waals surface area contributed by atoms with Crippen LogP contribution in [0.15, 0.2) is 12.4 Å². The Morgan fingerprint density at radius 2 is 2.40 bits per heavy atom. The summed E-state index contributed by atoms with van der Waals surface area (Å²) >= 11 is 0.